The van der Waals surface area contributed by atoms with Gasteiger partial charge in [-0.05, 0) is 6.92 Å². The molecule has 2 aromatic heterocycles. The first-order chi connectivity index (χ1) is 10.4. The lowest BCUT2D eigenvalue weighted by Crippen LogP contribution is -2.41. The molecule has 0 saturated heterocycles. The van der Waals surface area contributed by atoms with Crippen molar-refractivity contribution < 1.29 is 8.42 Å². The van der Waals surface area contributed by atoms with Crippen LogP contribution >= 0.6 is 11.3 Å². The quantitative estimate of drug-likeness (QED) is 0.868. The van der Waals surface area contributed by atoms with Crippen molar-refractivity contribution in [1.29, 1.82) is 0 Å². The molecule has 0 amide bonds. The molecule has 22 heavy (non-hydrogen) atoms. The number of rotatable bonds is 5. The number of nitrogens with one attached hydrogen (secondary N) is 1. The van der Waals surface area contributed by atoms with Crippen LogP contribution in [0.1, 0.15) is 22.3 Å². The van der Waals surface area contributed by atoms with E-state index in [9.17, 15) is 8.42 Å². The molecular weight excluding hydrogens is 322 g/mol. The lowest BCUT2D eigenvalue weighted by Gasteiger charge is -2.34. The Bertz CT molecular complexity index is 752. The molecular formula is C13H19N5O2S2. The molecule has 0 bridgehead atoms. The number of nitrogens with zero attached hydrogens (tertiary/aromatic N) is 4. The molecule has 0 spiro atoms. The van der Waals surface area contributed by atoms with E-state index in [0.29, 0.717) is 6.54 Å². The zero-order chi connectivity index (χ0) is 15.7. The van der Waals surface area contributed by atoms with Crippen LogP contribution in [0.4, 0.5) is 0 Å². The van der Waals surface area contributed by atoms with E-state index in [1.807, 2.05) is 18.6 Å². The monoisotopic (exact) mass is 341 g/mol. The van der Waals surface area contributed by atoms with Gasteiger partial charge in [-0.25, -0.2) is 23.1 Å². The minimum absolute atomic E-state index is 0.0502. The predicted molar refractivity (Wildman–Crippen MR) is 85.1 cm³/mol. The molecule has 0 unspecified atom stereocenters. The smallest absolute Gasteiger partial charge is 0.208 e. The van der Waals surface area contributed by atoms with E-state index in [2.05, 4.69) is 24.2 Å². The minimum atomic E-state index is -3.19. The van der Waals surface area contributed by atoms with E-state index in [4.69, 9.17) is 0 Å². The summed E-state index contributed by atoms with van der Waals surface area (Å²) in [6.45, 7) is 4.82. The highest BCUT2D eigenvalue weighted by Gasteiger charge is 2.26. The Labute approximate surface area is 134 Å². The summed E-state index contributed by atoms with van der Waals surface area (Å²) >= 11 is 1.66. The molecule has 120 valence electrons. The largest absolute Gasteiger partial charge is 0.328 e. The Balaban J connectivity index is 1.75. The van der Waals surface area contributed by atoms with Crippen molar-refractivity contribution in [3.05, 3.63) is 34.3 Å². The molecule has 0 radical (unpaired) electrons. The van der Waals surface area contributed by atoms with E-state index < -0.39 is 10.0 Å². The maximum absolute atomic E-state index is 11.4. The van der Waals surface area contributed by atoms with Gasteiger partial charge in [-0.3, -0.25) is 4.90 Å². The highest BCUT2D eigenvalue weighted by molar-refractivity contribution is 7.88. The Morgan fingerprint density at radius 3 is 3.00 bits per heavy atom. The number of fused-ring (bicyclic) bond motifs is 1. The standard InChI is InChI=1S/C13H19N5O2S2/c1-10-13(21-9-15-10)7-17-5-11-3-14-8-18(11)12(6-17)4-16-22(2,19)20/h3,8-9,12,16H,4-7H2,1-2H3/t12-/m0/s1. The second-order valence-electron chi connectivity index (χ2n) is 5.60. The number of hydrogen-bond acceptors (Lipinski definition) is 6. The number of aryl methyl sites for hydroxylation is 1. The van der Waals surface area contributed by atoms with Gasteiger partial charge in [0, 0.05) is 37.3 Å². The molecule has 3 rings (SSSR count). The van der Waals surface area contributed by atoms with Gasteiger partial charge in [0.1, 0.15) is 0 Å². The number of sulfonamides is 1. The SMILES string of the molecule is Cc1ncsc1CN1Cc2cncn2[C@@H](CNS(C)(=O)=O)C1. The number of hydrogen-bond donors (Lipinski definition) is 1. The average Bonchev–Trinajstić information content (AvgIpc) is 3.05. The summed E-state index contributed by atoms with van der Waals surface area (Å²) in [4.78, 5) is 12.0. The van der Waals surface area contributed by atoms with E-state index in [0.717, 1.165) is 31.0 Å². The van der Waals surface area contributed by atoms with E-state index in [1.54, 1.807) is 17.7 Å². The zero-order valence-electron chi connectivity index (χ0n) is 12.6. The van der Waals surface area contributed by atoms with E-state index in [1.165, 1.54) is 11.1 Å². The Kier molecular flexibility index (Phi) is 4.31. The van der Waals surface area contributed by atoms with E-state index in [-0.39, 0.29) is 6.04 Å². The van der Waals surface area contributed by atoms with Gasteiger partial charge in [0.2, 0.25) is 10.0 Å². The summed E-state index contributed by atoms with van der Waals surface area (Å²) in [6, 6.07) is 0.0502. The van der Waals surface area contributed by atoms with Crippen LogP contribution in [0.3, 0.4) is 0 Å². The molecule has 1 aliphatic rings. The Hall–Kier alpha value is -1.29. The predicted octanol–water partition coefficient (Wildman–Crippen LogP) is 0.754. The van der Waals surface area contributed by atoms with Crippen molar-refractivity contribution >= 4 is 21.4 Å². The van der Waals surface area contributed by atoms with Crippen LogP contribution in [0, 0.1) is 6.92 Å². The molecule has 3 heterocycles. The molecule has 1 N–H and O–H groups in total. The summed E-state index contributed by atoms with van der Waals surface area (Å²) in [5, 5.41) is 0. The van der Waals surface area contributed by atoms with Crippen molar-refractivity contribution in [2.75, 3.05) is 19.3 Å². The zero-order valence-corrected chi connectivity index (χ0v) is 14.2. The Morgan fingerprint density at radius 2 is 2.32 bits per heavy atom. The van der Waals surface area contributed by atoms with Crippen molar-refractivity contribution in [2.45, 2.75) is 26.1 Å². The summed E-state index contributed by atoms with van der Waals surface area (Å²) < 4.78 is 27.4. The highest BCUT2D eigenvalue weighted by atomic mass is 32.2. The maximum atomic E-state index is 11.4. The number of aromatic nitrogens is 3. The Morgan fingerprint density at radius 1 is 1.50 bits per heavy atom. The molecule has 0 aromatic carbocycles. The summed E-state index contributed by atoms with van der Waals surface area (Å²) in [5.41, 5.74) is 4.03. The minimum Gasteiger partial charge on any atom is -0.328 e. The van der Waals surface area contributed by atoms with Gasteiger partial charge in [0.25, 0.3) is 0 Å². The van der Waals surface area contributed by atoms with Gasteiger partial charge in [-0.15, -0.1) is 11.3 Å². The van der Waals surface area contributed by atoms with Crippen molar-refractivity contribution in [3.8, 4) is 0 Å². The van der Waals surface area contributed by atoms with Crippen molar-refractivity contribution in [2.24, 2.45) is 0 Å². The first-order valence-electron chi connectivity index (χ1n) is 6.99. The lowest BCUT2D eigenvalue weighted by atomic mass is 10.2. The molecule has 1 aliphatic heterocycles. The van der Waals surface area contributed by atoms with Crippen molar-refractivity contribution in [3.63, 3.8) is 0 Å². The van der Waals surface area contributed by atoms with Crippen LogP contribution in [-0.4, -0.2) is 47.2 Å². The van der Waals surface area contributed by atoms with Gasteiger partial charge in [0.15, 0.2) is 0 Å². The molecule has 0 fully saturated rings. The summed E-state index contributed by atoms with van der Waals surface area (Å²) in [5.74, 6) is 0. The lowest BCUT2D eigenvalue weighted by molar-refractivity contribution is 0.179. The van der Waals surface area contributed by atoms with Gasteiger partial charge in [-0.1, -0.05) is 0 Å². The van der Waals surface area contributed by atoms with Gasteiger partial charge in [0.05, 0.1) is 35.5 Å². The highest BCUT2D eigenvalue weighted by Crippen LogP contribution is 2.24. The van der Waals surface area contributed by atoms with Crippen LogP contribution in [0.2, 0.25) is 0 Å². The molecule has 2 aromatic rings. The fourth-order valence-electron chi connectivity index (χ4n) is 2.67. The molecule has 0 aliphatic carbocycles. The van der Waals surface area contributed by atoms with Crippen molar-refractivity contribution in [1.82, 2.24) is 24.2 Å². The second-order valence-corrected chi connectivity index (χ2v) is 8.37. The van der Waals surface area contributed by atoms with Gasteiger partial charge < -0.3 is 4.57 Å². The van der Waals surface area contributed by atoms with Crippen LogP contribution in [-0.2, 0) is 23.1 Å². The molecule has 9 heteroatoms. The van der Waals surface area contributed by atoms with Crippen LogP contribution in [0.25, 0.3) is 0 Å². The number of thiazole rings is 1. The van der Waals surface area contributed by atoms with Crippen LogP contribution in [0.15, 0.2) is 18.0 Å². The molecule has 1 atom stereocenters. The first-order valence-corrected chi connectivity index (χ1v) is 9.76. The molecule has 7 nitrogen and oxygen atoms in total. The summed E-state index contributed by atoms with van der Waals surface area (Å²) in [6.07, 6.45) is 4.81. The second kappa shape index (κ2) is 6.07. The van der Waals surface area contributed by atoms with Gasteiger partial charge in [-0.2, -0.15) is 0 Å². The fourth-order valence-corrected chi connectivity index (χ4v) is 3.99. The third-order valence-electron chi connectivity index (χ3n) is 3.79. The maximum Gasteiger partial charge on any atom is 0.208 e. The number of imidazole rings is 1. The average molecular weight is 341 g/mol. The van der Waals surface area contributed by atoms with Crippen LogP contribution in [0.5, 0.6) is 0 Å². The van der Waals surface area contributed by atoms with Crippen LogP contribution < -0.4 is 4.72 Å². The fraction of sp³-hybridized carbons (Fsp3) is 0.538. The first kappa shape index (κ1) is 15.6. The third-order valence-corrected chi connectivity index (χ3v) is 5.40. The normalized spacial score (nSPS) is 19.3. The van der Waals surface area contributed by atoms with Gasteiger partial charge >= 0.3 is 0 Å². The third kappa shape index (κ3) is 3.54. The topological polar surface area (TPSA) is 80.1 Å². The molecule has 0 saturated carbocycles. The van der Waals surface area contributed by atoms with E-state index >= 15 is 0 Å². The summed E-state index contributed by atoms with van der Waals surface area (Å²) in [7, 11) is -3.19.